The van der Waals surface area contributed by atoms with Crippen LogP contribution < -0.4 is 4.74 Å². The van der Waals surface area contributed by atoms with Crippen molar-refractivity contribution in [1.29, 1.82) is 0 Å². The Morgan fingerprint density at radius 2 is 2.25 bits per heavy atom. The first-order chi connectivity index (χ1) is 11.3. The third-order valence-corrected chi connectivity index (χ3v) is 3.92. The maximum absolute atomic E-state index is 12.2. The quantitative estimate of drug-likeness (QED) is 0.832. The number of nitrogens with zero attached hydrogens (tertiary/aromatic N) is 2. The molecule has 0 aromatic carbocycles. The third kappa shape index (κ3) is 5.91. The van der Waals surface area contributed by atoms with Gasteiger partial charge in [0.2, 0.25) is 0 Å². The minimum Gasteiger partial charge on any atom is -0.503 e. The molecule has 0 spiro atoms. The number of ether oxygens (including phenoxy) is 2. The van der Waals surface area contributed by atoms with E-state index in [0.29, 0.717) is 12.5 Å². The van der Waals surface area contributed by atoms with E-state index in [-0.39, 0.29) is 17.7 Å². The van der Waals surface area contributed by atoms with Gasteiger partial charge in [0, 0.05) is 19.3 Å². The second-order valence-electron chi connectivity index (χ2n) is 7.25. The number of carbonyl (C=O) groups is 1. The Bertz CT molecular complexity index is 542. The zero-order valence-electron chi connectivity index (χ0n) is 14.8. The van der Waals surface area contributed by atoms with E-state index in [4.69, 9.17) is 9.47 Å². The van der Waals surface area contributed by atoms with Crippen LogP contribution >= 0.6 is 0 Å². The van der Waals surface area contributed by atoms with Gasteiger partial charge in [-0.3, -0.25) is 0 Å². The average Bonchev–Trinajstić information content (AvgIpc) is 2.52. The summed E-state index contributed by atoms with van der Waals surface area (Å²) in [5.41, 5.74) is -0.456. The van der Waals surface area contributed by atoms with Gasteiger partial charge in [0.15, 0.2) is 5.75 Å². The second-order valence-corrected chi connectivity index (χ2v) is 7.25. The number of pyridine rings is 1. The summed E-state index contributed by atoms with van der Waals surface area (Å²) in [6.45, 7) is 7.67. The summed E-state index contributed by atoms with van der Waals surface area (Å²) >= 11 is 0. The summed E-state index contributed by atoms with van der Waals surface area (Å²) < 4.78 is 11.0. The summed E-state index contributed by atoms with van der Waals surface area (Å²) in [5, 5.41) is 9.60. The molecule has 2 rings (SSSR count). The van der Waals surface area contributed by atoms with Gasteiger partial charge in [-0.1, -0.05) is 0 Å². The number of carbonyl (C=O) groups excluding carboxylic acids is 1. The van der Waals surface area contributed by atoms with Crippen molar-refractivity contribution in [2.75, 3.05) is 19.7 Å². The highest BCUT2D eigenvalue weighted by Gasteiger charge is 2.27. The van der Waals surface area contributed by atoms with Crippen LogP contribution in [-0.2, 0) is 4.74 Å². The lowest BCUT2D eigenvalue weighted by Crippen LogP contribution is -2.42. The van der Waals surface area contributed by atoms with Crippen LogP contribution in [0.5, 0.6) is 11.6 Å². The largest absolute Gasteiger partial charge is 0.503 e. The van der Waals surface area contributed by atoms with Crippen LogP contribution in [0.2, 0.25) is 0 Å². The van der Waals surface area contributed by atoms with Crippen LogP contribution in [0, 0.1) is 5.92 Å². The Balaban J connectivity index is 1.71. The van der Waals surface area contributed by atoms with Gasteiger partial charge >= 0.3 is 6.09 Å². The molecule has 1 saturated heterocycles. The molecule has 0 radical (unpaired) electrons. The molecule has 1 aliphatic heterocycles. The Morgan fingerprint density at radius 3 is 2.96 bits per heavy atom. The Labute approximate surface area is 143 Å². The summed E-state index contributed by atoms with van der Waals surface area (Å²) in [4.78, 5) is 18.0. The number of aromatic nitrogens is 1. The summed E-state index contributed by atoms with van der Waals surface area (Å²) in [6.07, 6.45) is 5.34. The molecule has 1 atom stereocenters. The Kier molecular flexibility index (Phi) is 6.29. The van der Waals surface area contributed by atoms with Crippen molar-refractivity contribution in [3.63, 3.8) is 0 Å². The molecule has 24 heavy (non-hydrogen) atoms. The van der Waals surface area contributed by atoms with E-state index >= 15 is 0 Å². The van der Waals surface area contributed by atoms with Crippen molar-refractivity contribution < 1.29 is 19.4 Å². The molecule has 134 valence electrons. The first-order valence-electron chi connectivity index (χ1n) is 8.60. The monoisotopic (exact) mass is 336 g/mol. The SMILES string of the molecule is CC(C)(C)OC(=O)N1CCC[C@H](CCCOc2ncccc2O)C1. The van der Waals surface area contributed by atoms with Crippen LogP contribution in [0.15, 0.2) is 18.3 Å². The second kappa shape index (κ2) is 8.22. The first-order valence-corrected chi connectivity index (χ1v) is 8.60. The molecule has 0 saturated carbocycles. The molecule has 6 nitrogen and oxygen atoms in total. The normalized spacial score (nSPS) is 18.3. The molecule has 0 bridgehead atoms. The van der Waals surface area contributed by atoms with Crippen LogP contribution in [0.4, 0.5) is 4.79 Å². The van der Waals surface area contributed by atoms with Gasteiger partial charge in [-0.2, -0.15) is 0 Å². The fourth-order valence-electron chi connectivity index (χ4n) is 2.83. The highest BCUT2D eigenvalue weighted by molar-refractivity contribution is 5.68. The molecule has 0 aliphatic carbocycles. The van der Waals surface area contributed by atoms with E-state index in [1.54, 1.807) is 18.3 Å². The van der Waals surface area contributed by atoms with Crippen molar-refractivity contribution in [1.82, 2.24) is 9.88 Å². The fourth-order valence-corrected chi connectivity index (χ4v) is 2.83. The van der Waals surface area contributed by atoms with Gasteiger partial charge in [-0.15, -0.1) is 0 Å². The molecule has 1 fully saturated rings. The van der Waals surface area contributed by atoms with Gasteiger partial charge in [-0.05, 0) is 64.5 Å². The highest BCUT2D eigenvalue weighted by Crippen LogP contribution is 2.24. The predicted octanol–water partition coefficient (Wildman–Crippen LogP) is 3.59. The molecule has 1 aromatic heterocycles. The maximum atomic E-state index is 12.2. The standard InChI is InChI=1S/C18H28N2O4/c1-18(2,3)24-17(22)20-11-5-7-14(13-20)8-6-12-23-16-15(21)9-4-10-19-16/h4,9-10,14,21H,5-8,11-13H2,1-3H3/t14-/m1/s1. The number of hydrogen-bond donors (Lipinski definition) is 1. The molecule has 1 aliphatic rings. The van der Waals surface area contributed by atoms with Crippen LogP contribution in [-0.4, -0.2) is 46.4 Å². The average molecular weight is 336 g/mol. The number of likely N-dealkylation sites (tertiary alicyclic amines) is 1. The number of hydrogen-bond acceptors (Lipinski definition) is 5. The molecule has 1 N–H and O–H groups in total. The van der Waals surface area contributed by atoms with E-state index in [1.807, 2.05) is 25.7 Å². The van der Waals surface area contributed by atoms with E-state index in [9.17, 15) is 9.90 Å². The topological polar surface area (TPSA) is 71.9 Å². The van der Waals surface area contributed by atoms with Crippen LogP contribution in [0.25, 0.3) is 0 Å². The summed E-state index contributed by atoms with van der Waals surface area (Å²) in [5.74, 6) is 0.801. The van der Waals surface area contributed by atoms with Crippen LogP contribution in [0.1, 0.15) is 46.5 Å². The molecular weight excluding hydrogens is 308 g/mol. The van der Waals surface area contributed by atoms with Gasteiger partial charge in [-0.25, -0.2) is 9.78 Å². The highest BCUT2D eigenvalue weighted by atomic mass is 16.6. The van der Waals surface area contributed by atoms with Crippen molar-refractivity contribution in [3.8, 4) is 11.6 Å². The van der Waals surface area contributed by atoms with Gasteiger partial charge in [0.1, 0.15) is 5.60 Å². The van der Waals surface area contributed by atoms with Crippen molar-refractivity contribution >= 4 is 6.09 Å². The van der Waals surface area contributed by atoms with Gasteiger partial charge < -0.3 is 19.5 Å². The lowest BCUT2D eigenvalue weighted by molar-refractivity contribution is 0.0159. The first kappa shape index (κ1) is 18.4. The predicted molar refractivity (Wildman–Crippen MR) is 91.2 cm³/mol. The molecule has 6 heteroatoms. The fraction of sp³-hybridized carbons (Fsp3) is 0.667. The minimum atomic E-state index is -0.456. The Hall–Kier alpha value is -1.98. The summed E-state index contributed by atoms with van der Waals surface area (Å²) in [7, 11) is 0. The lowest BCUT2D eigenvalue weighted by atomic mass is 9.94. The molecule has 1 aromatic rings. The van der Waals surface area contributed by atoms with E-state index in [2.05, 4.69) is 4.98 Å². The van der Waals surface area contributed by atoms with E-state index in [0.717, 1.165) is 38.8 Å². The van der Waals surface area contributed by atoms with Gasteiger partial charge in [0.25, 0.3) is 5.88 Å². The van der Waals surface area contributed by atoms with Gasteiger partial charge in [0.05, 0.1) is 6.61 Å². The Morgan fingerprint density at radius 1 is 1.46 bits per heavy atom. The number of piperidine rings is 1. The third-order valence-electron chi connectivity index (χ3n) is 3.92. The minimum absolute atomic E-state index is 0.0614. The summed E-state index contributed by atoms with van der Waals surface area (Å²) in [6, 6.07) is 3.22. The molecular formula is C18H28N2O4. The zero-order chi connectivity index (χ0) is 17.6. The van der Waals surface area contributed by atoms with E-state index in [1.165, 1.54) is 0 Å². The smallest absolute Gasteiger partial charge is 0.410 e. The number of aromatic hydroxyl groups is 1. The van der Waals surface area contributed by atoms with Crippen molar-refractivity contribution in [3.05, 3.63) is 18.3 Å². The molecule has 1 amide bonds. The lowest BCUT2D eigenvalue weighted by Gasteiger charge is -2.34. The zero-order valence-corrected chi connectivity index (χ0v) is 14.8. The number of rotatable bonds is 5. The molecule has 2 heterocycles. The maximum Gasteiger partial charge on any atom is 0.410 e. The van der Waals surface area contributed by atoms with Crippen molar-refractivity contribution in [2.24, 2.45) is 5.92 Å². The molecule has 0 unspecified atom stereocenters. The van der Waals surface area contributed by atoms with Crippen LogP contribution in [0.3, 0.4) is 0 Å². The van der Waals surface area contributed by atoms with Crippen molar-refractivity contribution in [2.45, 2.75) is 52.1 Å². The van der Waals surface area contributed by atoms with E-state index < -0.39 is 5.60 Å². The number of amides is 1.